The van der Waals surface area contributed by atoms with Crippen LogP contribution in [-0.2, 0) is 65.4 Å². The number of ether oxygens (including phenoxy) is 4. The number of hydrogen-bond donors (Lipinski definition) is 3. The Balaban J connectivity index is 5.23. The van der Waals surface area contributed by atoms with Crippen molar-refractivity contribution in [3.63, 3.8) is 0 Å². The minimum absolute atomic E-state index is 0.105. The van der Waals surface area contributed by atoms with Crippen LogP contribution in [0.3, 0.4) is 0 Å². The second-order valence-electron chi connectivity index (χ2n) is 28.8. The molecule has 6 atom stereocenters. The van der Waals surface area contributed by atoms with Gasteiger partial charge in [-0.25, -0.2) is 9.13 Å². The highest BCUT2D eigenvalue weighted by Gasteiger charge is 2.30. The summed E-state index contributed by atoms with van der Waals surface area (Å²) in [7, 11) is -9.91. The largest absolute Gasteiger partial charge is 0.472 e. The zero-order valence-electron chi connectivity index (χ0n) is 63.4. The Kier molecular flexibility index (Phi) is 68.4. The summed E-state index contributed by atoms with van der Waals surface area (Å²) in [6.45, 7) is 9.63. The average Bonchev–Trinajstić information content (AvgIpc) is 1.20. The van der Waals surface area contributed by atoms with E-state index in [0.717, 1.165) is 102 Å². The Morgan fingerprint density at radius 3 is 0.784 bits per heavy atom. The Labute approximate surface area is 594 Å². The first kappa shape index (κ1) is 95.1. The van der Waals surface area contributed by atoms with Crippen molar-refractivity contribution < 1.29 is 80.2 Å². The van der Waals surface area contributed by atoms with Gasteiger partial charge >= 0.3 is 39.5 Å². The fourth-order valence-electron chi connectivity index (χ4n) is 12.0. The molecular weight excluding hydrogens is 1270 g/mol. The van der Waals surface area contributed by atoms with Crippen molar-refractivity contribution in [3.8, 4) is 0 Å². The van der Waals surface area contributed by atoms with Gasteiger partial charge in [0.15, 0.2) is 12.2 Å². The minimum atomic E-state index is -4.96. The first-order chi connectivity index (χ1) is 46.9. The zero-order valence-corrected chi connectivity index (χ0v) is 65.2. The van der Waals surface area contributed by atoms with Crippen molar-refractivity contribution in [2.75, 3.05) is 39.6 Å². The average molecular weight is 1420 g/mol. The van der Waals surface area contributed by atoms with Crippen molar-refractivity contribution in [1.82, 2.24) is 0 Å². The van der Waals surface area contributed by atoms with E-state index < -0.39 is 97.5 Å². The molecule has 0 aromatic rings. The van der Waals surface area contributed by atoms with E-state index in [4.69, 9.17) is 37.0 Å². The van der Waals surface area contributed by atoms with Crippen LogP contribution in [0.1, 0.15) is 408 Å². The number of esters is 4. The molecule has 97 heavy (non-hydrogen) atoms. The van der Waals surface area contributed by atoms with E-state index >= 15 is 0 Å². The topological polar surface area (TPSA) is 237 Å². The van der Waals surface area contributed by atoms with Gasteiger partial charge in [-0.2, -0.15) is 0 Å². The Bertz CT molecular complexity index is 1870. The number of phosphoric acid groups is 2. The second-order valence-corrected chi connectivity index (χ2v) is 31.7. The maximum atomic E-state index is 13.1. The van der Waals surface area contributed by atoms with Gasteiger partial charge in [0.1, 0.15) is 19.3 Å². The van der Waals surface area contributed by atoms with Crippen molar-refractivity contribution in [1.29, 1.82) is 0 Å². The summed E-state index contributed by atoms with van der Waals surface area (Å²) in [6.07, 6.45) is 58.2. The quantitative estimate of drug-likeness (QED) is 0.0222. The van der Waals surface area contributed by atoms with Crippen LogP contribution in [0.25, 0.3) is 0 Å². The van der Waals surface area contributed by atoms with E-state index in [0.29, 0.717) is 25.7 Å². The maximum absolute atomic E-state index is 13.1. The maximum Gasteiger partial charge on any atom is 0.472 e. The normalized spacial score (nSPS) is 14.2. The van der Waals surface area contributed by atoms with Crippen LogP contribution < -0.4 is 0 Å². The highest BCUT2D eigenvalue weighted by Crippen LogP contribution is 2.45. The summed E-state index contributed by atoms with van der Waals surface area (Å²) in [6, 6.07) is 0. The van der Waals surface area contributed by atoms with E-state index in [9.17, 15) is 43.2 Å². The molecule has 0 amide bonds. The molecule has 0 radical (unpaired) electrons. The molecule has 3 N–H and O–H groups in total. The molecule has 0 aliphatic heterocycles. The van der Waals surface area contributed by atoms with Gasteiger partial charge < -0.3 is 33.8 Å². The molecule has 0 spiro atoms. The number of aliphatic hydroxyl groups excluding tert-OH is 1. The van der Waals surface area contributed by atoms with Gasteiger partial charge in [-0.3, -0.25) is 37.3 Å². The summed E-state index contributed by atoms with van der Waals surface area (Å²) in [5, 5.41) is 10.6. The lowest BCUT2D eigenvalue weighted by Gasteiger charge is -2.21. The van der Waals surface area contributed by atoms with Crippen LogP contribution in [0, 0.1) is 11.8 Å². The monoisotopic (exact) mass is 1420 g/mol. The van der Waals surface area contributed by atoms with E-state index in [2.05, 4.69) is 41.5 Å². The third-order valence-corrected chi connectivity index (χ3v) is 20.5. The number of carbonyl (C=O) groups is 4. The lowest BCUT2D eigenvalue weighted by atomic mass is 9.99. The molecule has 0 aliphatic rings. The highest BCUT2D eigenvalue weighted by molar-refractivity contribution is 7.47. The van der Waals surface area contributed by atoms with Crippen LogP contribution in [0.5, 0.6) is 0 Å². The fourth-order valence-corrected chi connectivity index (χ4v) is 13.6. The molecule has 0 aromatic heterocycles. The van der Waals surface area contributed by atoms with Crippen LogP contribution in [0.2, 0.25) is 0 Å². The van der Waals surface area contributed by atoms with Gasteiger partial charge in [-0.05, 0) is 37.5 Å². The van der Waals surface area contributed by atoms with Gasteiger partial charge in [-0.15, -0.1) is 0 Å². The van der Waals surface area contributed by atoms with Gasteiger partial charge in [0.25, 0.3) is 0 Å². The molecule has 0 bridgehead atoms. The molecule has 19 heteroatoms. The van der Waals surface area contributed by atoms with E-state index in [1.165, 1.54) is 225 Å². The van der Waals surface area contributed by atoms with E-state index in [1.807, 2.05) is 0 Å². The number of unbranched alkanes of at least 4 members (excludes halogenated alkanes) is 46. The zero-order chi connectivity index (χ0) is 71.4. The van der Waals surface area contributed by atoms with Gasteiger partial charge in [-0.1, -0.05) is 356 Å². The van der Waals surface area contributed by atoms with Gasteiger partial charge in [0.05, 0.1) is 26.4 Å². The molecule has 0 fully saturated rings. The number of phosphoric ester groups is 2. The summed E-state index contributed by atoms with van der Waals surface area (Å²) >= 11 is 0. The molecule has 17 nitrogen and oxygen atoms in total. The number of rotatable bonds is 77. The van der Waals surface area contributed by atoms with Crippen molar-refractivity contribution in [2.45, 2.75) is 426 Å². The first-order valence-electron chi connectivity index (χ1n) is 40.5. The minimum Gasteiger partial charge on any atom is -0.462 e. The van der Waals surface area contributed by atoms with Gasteiger partial charge in [0, 0.05) is 25.7 Å². The molecule has 0 aromatic carbocycles. The molecule has 0 aliphatic carbocycles. The molecular formula is C78H152O17P2. The Morgan fingerprint density at radius 1 is 0.299 bits per heavy atom. The Morgan fingerprint density at radius 2 is 0.526 bits per heavy atom. The van der Waals surface area contributed by atoms with Crippen LogP contribution >= 0.6 is 15.6 Å². The van der Waals surface area contributed by atoms with Crippen molar-refractivity contribution in [2.24, 2.45) is 11.8 Å². The third kappa shape index (κ3) is 70.9. The van der Waals surface area contributed by atoms with Crippen molar-refractivity contribution >= 4 is 39.5 Å². The summed E-state index contributed by atoms with van der Waals surface area (Å²) in [5.41, 5.74) is 0. The predicted molar refractivity (Wildman–Crippen MR) is 395 cm³/mol. The summed E-state index contributed by atoms with van der Waals surface area (Å²) in [4.78, 5) is 72.9. The van der Waals surface area contributed by atoms with Crippen LogP contribution in [0.4, 0.5) is 0 Å². The molecule has 576 valence electrons. The lowest BCUT2D eigenvalue weighted by molar-refractivity contribution is -0.161. The molecule has 0 rings (SSSR count). The second kappa shape index (κ2) is 69.8. The Hall–Kier alpha value is -1.94. The number of hydrogen-bond acceptors (Lipinski definition) is 15. The lowest BCUT2D eigenvalue weighted by Crippen LogP contribution is -2.30. The molecule has 0 saturated carbocycles. The SMILES string of the molecule is CCCCCCCCCCCCCCCCCCC(=O)OC[C@H](COP(=O)(O)OC[C@@H](O)COP(=O)(O)OC[C@@H](COC(=O)CCCCCCCCCCCC)OC(=O)CCCCCCCCCCC(C)CC)OC(=O)CCCCCCCCCCCCCCCCCCC(C)C. The molecule has 0 heterocycles. The predicted octanol–water partition coefficient (Wildman–Crippen LogP) is 23.1. The molecule has 0 saturated heterocycles. The third-order valence-electron chi connectivity index (χ3n) is 18.6. The van der Waals surface area contributed by atoms with Crippen LogP contribution in [-0.4, -0.2) is 96.7 Å². The smallest absolute Gasteiger partial charge is 0.462 e. The van der Waals surface area contributed by atoms with Crippen molar-refractivity contribution in [3.05, 3.63) is 0 Å². The van der Waals surface area contributed by atoms with E-state index in [-0.39, 0.29) is 25.7 Å². The summed E-state index contributed by atoms with van der Waals surface area (Å²) in [5.74, 6) is -0.534. The number of aliphatic hydroxyl groups is 1. The van der Waals surface area contributed by atoms with Crippen LogP contribution in [0.15, 0.2) is 0 Å². The van der Waals surface area contributed by atoms with Gasteiger partial charge in [0.2, 0.25) is 0 Å². The van der Waals surface area contributed by atoms with E-state index in [1.54, 1.807) is 0 Å². The summed E-state index contributed by atoms with van der Waals surface area (Å²) < 4.78 is 68.6. The standard InChI is InChI=1S/C78H152O17P2/c1-7-10-12-14-16-18-20-21-22-26-29-32-36-43-49-55-61-76(81)89-66-73(94-77(82)62-56-50-44-37-33-30-27-24-23-25-28-31-34-40-46-52-58-70(4)5)68-92-96(84,85)90-64-72(79)65-91-97(86,87)93-69-74(67-88-75(80)60-54-48-42-35-19-17-15-13-11-8-2)95-78(83)63-57-51-45-39-38-41-47-53-59-71(6)9-3/h70-74,79H,7-69H2,1-6H3,(H,84,85)(H,86,87)/t71?,72-,73-,74-/m1/s1. The molecule has 3 unspecified atom stereocenters. The number of carbonyl (C=O) groups excluding carboxylic acids is 4. The fraction of sp³-hybridized carbons (Fsp3) is 0.949. The highest BCUT2D eigenvalue weighted by atomic mass is 31.2. The first-order valence-corrected chi connectivity index (χ1v) is 43.5.